The monoisotopic (exact) mass is 253 g/mol. The highest BCUT2D eigenvalue weighted by atomic mass is 16.5. The van der Waals surface area contributed by atoms with Gasteiger partial charge >= 0.3 is 5.69 Å². The number of aliphatic hydroxyl groups excluding tert-OH is 2. The quantitative estimate of drug-likeness (QED) is 0.644. The SMILES string of the molecule is C=Cc1cn([C@H]2C[C@@H](O)[C@@H](CO)O2)c(=O)nc1N. The summed E-state index contributed by atoms with van der Waals surface area (Å²) in [6.07, 6.45) is 1.02. The van der Waals surface area contributed by atoms with Crippen LogP contribution >= 0.6 is 0 Å². The number of rotatable bonds is 3. The lowest BCUT2D eigenvalue weighted by Crippen LogP contribution is -2.28. The van der Waals surface area contributed by atoms with Gasteiger partial charge in [-0.2, -0.15) is 4.98 Å². The number of nitrogens with zero attached hydrogens (tertiary/aromatic N) is 2. The molecule has 1 fully saturated rings. The first kappa shape index (κ1) is 12.7. The highest BCUT2D eigenvalue weighted by Gasteiger charge is 2.35. The van der Waals surface area contributed by atoms with Crippen LogP contribution in [0, 0.1) is 0 Å². The van der Waals surface area contributed by atoms with Gasteiger partial charge in [-0.05, 0) is 0 Å². The summed E-state index contributed by atoms with van der Waals surface area (Å²) in [6, 6.07) is 0. The molecule has 2 heterocycles. The summed E-state index contributed by atoms with van der Waals surface area (Å²) in [5.41, 5.74) is 5.51. The topological polar surface area (TPSA) is 111 Å². The van der Waals surface area contributed by atoms with E-state index in [1.54, 1.807) is 0 Å². The van der Waals surface area contributed by atoms with Crippen LogP contribution in [0.5, 0.6) is 0 Å². The van der Waals surface area contributed by atoms with E-state index in [4.69, 9.17) is 15.6 Å². The third kappa shape index (κ3) is 2.15. The summed E-state index contributed by atoms with van der Waals surface area (Å²) in [5, 5.41) is 18.6. The van der Waals surface area contributed by atoms with Crippen molar-refractivity contribution in [3.8, 4) is 0 Å². The van der Waals surface area contributed by atoms with E-state index < -0.39 is 24.1 Å². The summed E-state index contributed by atoms with van der Waals surface area (Å²) < 4.78 is 6.62. The van der Waals surface area contributed by atoms with Crippen LogP contribution in [-0.4, -0.2) is 38.6 Å². The number of anilines is 1. The van der Waals surface area contributed by atoms with E-state index in [1.807, 2.05) is 0 Å². The van der Waals surface area contributed by atoms with Gasteiger partial charge < -0.3 is 20.7 Å². The van der Waals surface area contributed by atoms with E-state index >= 15 is 0 Å². The molecule has 0 saturated carbocycles. The van der Waals surface area contributed by atoms with Gasteiger partial charge in [0.1, 0.15) is 18.1 Å². The minimum absolute atomic E-state index is 0.100. The molecule has 3 atom stereocenters. The van der Waals surface area contributed by atoms with Crippen LogP contribution in [0.25, 0.3) is 6.08 Å². The van der Waals surface area contributed by atoms with Crippen molar-refractivity contribution in [2.75, 3.05) is 12.3 Å². The molecule has 1 aliphatic heterocycles. The fraction of sp³-hybridized carbons (Fsp3) is 0.455. The summed E-state index contributed by atoms with van der Waals surface area (Å²) in [5.74, 6) is 0.100. The molecule has 1 aromatic heterocycles. The van der Waals surface area contributed by atoms with Gasteiger partial charge in [-0.3, -0.25) is 4.57 Å². The molecule has 0 aliphatic carbocycles. The average Bonchev–Trinajstić information content (AvgIpc) is 2.70. The van der Waals surface area contributed by atoms with Crippen LogP contribution in [0.3, 0.4) is 0 Å². The molecule has 0 bridgehead atoms. The fourth-order valence-corrected chi connectivity index (χ4v) is 1.91. The van der Waals surface area contributed by atoms with Crippen molar-refractivity contribution in [2.24, 2.45) is 0 Å². The standard InChI is InChI=1S/C11H15N3O4/c1-2-6-4-14(11(17)13-10(6)12)9-3-7(16)8(5-15)18-9/h2,4,7-9,15-16H,1,3,5H2,(H2,12,13,17)/t7-,8-,9-/m1/s1. The Labute approximate surface area is 103 Å². The van der Waals surface area contributed by atoms with Crippen molar-refractivity contribution in [2.45, 2.75) is 24.9 Å². The molecule has 2 rings (SSSR count). The average molecular weight is 253 g/mol. The molecule has 18 heavy (non-hydrogen) atoms. The predicted octanol–water partition coefficient (Wildman–Crippen LogP) is -0.891. The fourth-order valence-electron chi connectivity index (χ4n) is 1.91. The molecule has 0 aromatic carbocycles. The zero-order valence-electron chi connectivity index (χ0n) is 9.69. The van der Waals surface area contributed by atoms with E-state index in [9.17, 15) is 9.90 Å². The number of ether oxygens (including phenoxy) is 1. The zero-order chi connectivity index (χ0) is 13.3. The van der Waals surface area contributed by atoms with Gasteiger partial charge in [0.05, 0.1) is 12.7 Å². The second-order valence-electron chi connectivity index (χ2n) is 4.09. The number of hydrogen-bond acceptors (Lipinski definition) is 6. The Morgan fingerprint density at radius 2 is 2.44 bits per heavy atom. The molecule has 0 amide bonds. The Balaban J connectivity index is 2.35. The second kappa shape index (κ2) is 4.89. The minimum Gasteiger partial charge on any atom is -0.394 e. The lowest BCUT2D eigenvalue weighted by Gasteiger charge is -2.15. The van der Waals surface area contributed by atoms with Gasteiger partial charge in [0.25, 0.3) is 0 Å². The van der Waals surface area contributed by atoms with Gasteiger partial charge in [0, 0.05) is 18.2 Å². The molecule has 98 valence electrons. The number of nitrogens with two attached hydrogens (primary N) is 1. The minimum atomic E-state index is -0.809. The maximum absolute atomic E-state index is 11.7. The number of aromatic nitrogens is 2. The second-order valence-corrected chi connectivity index (χ2v) is 4.09. The maximum atomic E-state index is 11.7. The molecule has 7 nitrogen and oxygen atoms in total. The summed E-state index contributed by atoms with van der Waals surface area (Å²) in [6.45, 7) is 3.27. The first-order valence-electron chi connectivity index (χ1n) is 5.52. The number of aliphatic hydroxyl groups is 2. The smallest absolute Gasteiger partial charge is 0.351 e. The Hall–Kier alpha value is -1.70. The number of hydrogen-bond donors (Lipinski definition) is 3. The van der Waals surface area contributed by atoms with Crippen molar-refractivity contribution >= 4 is 11.9 Å². The van der Waals surface area contributed by atoms with Crippen molar-refractivity contribution in [1.29, 1.82) is 0 Å². The Kier molecular flexibility index (Phi) is 3.46. The maximum Gasteiger partial charge on any atom is 0.351 e. The highest BCUT2D eigenvalue weighted by Crippen LogP contribution is 2.27. The van der Waals surface area contributed by atoms with Crippen LogP contribution in [0.2, 0.25) is 0 Å². The Bertz CT molecular complexity index is 514. The highest BCUT2D eigenvalue weighted by molar-refractivity contribution is 5.57. The molecule has 0 radical (unpaired) electrons. The van der Waals surface area contributed by atoms with E-state index in [0.717, 1.165) is 0 Å². The van der Waals surface area contributed by atoms with Crippen LogP contribution in [0.4, 0.5) is 5.82 Å². The van der Waals surface area contributed by atoms with Gasteiger partial charge in [0.2, 0.25) is 0 Å². The summed E-state index contributed by atoms with van der Waals surface area (Å²) in [4.78, 5) is 15.4. The molecule has 0 unspecified atom stereocenters. The molecule has 7 heteroatoms. The lowest BCUT2D eigenvalue weighted by atomic mass is 10.2. The zero-order valence-corrected chi connectivity index (χ0v) is 9.69. The summed E-state index contributed by atoms with van der Waals surface area (Å²) in [7, 11) is 0. The first-order chi connectivity index (χ1) is 8.56. The van der Waals surface area contributed by atoms with Gasteiger partial charge in [-0.1, -0.05) is 12.7 Å². The van der Waals surface area contributed by atoms with E-state index in [1.165, 1.54) is 16.8 Å². The molecule has 1 aromatic rings. The van der Waals surface area contributed by atoms with Crippen molar-refractivity contribution in [3.63, 3.8) is 0 Å². The summed E-state index contributed by atoms with van der Waals surface area (Å²) >= 11 is 0. The Morgan fingerprint density at radius 1 is 1.72 bits per heavy atom. The molecule has 0 spiro atoms. The van der Waals surface area contributed by atoms with Crippen LogP contribution in [0.1, 0.15) is 18.2 Å². The van der Waals surface area contributed by atoms with Crippen molar-refractivity contribution in [3.05, 3.63) is 28.8 Å². The van der Waals surface area contributed by atoms with Crippen molar-refractivity contribution < 1.29 is 14.9 Å². The van der Waals surface area contributed by atoms with Crippen LogP contribution in [0.15, 0.2) is 17.6 Å². The van der Waals surface area contributed by atoms with Crippen molar-refractivity contribution in [1.82, 2.24) is 9.55 Å². The number of nitrogen functional groups attached to an aromatic ring is 1. The van der Waals surface area contributed by atoms with Crippen LogP contribution in [-0.2, 0) is 4.74 Å². The van der Waals surface area contributed by atoms with Crippen LogP contribution < -0.4 is 11.4 Å². The largest absolute Gasteiger partial charge is 0.394 e. The lowest BCUT2D eigenvalue weighted by molar-refractivity contribution is -0.0458. The molecular formula is C11H15N3O4. The van der Waals surface area contributed by atoms with E-state index in [2.05, 4.69) is 11.6 Å². The third-order valence-electron chi connectivity index (χ3n) is 2.93. The van der Waals surface area contributed by atoms with Gasteiger partial charge in [-0.15, -0.1) is 0 Å². The van der Waals surface area contributed by atoms with Gasteiger partial charge in [-0.25, -0.2) is 4.79 Å². The molecule has 1 saturated heterocycles. The van der Waals surface area contributed by atoms with E-state index in [-0.39, 0.29) is 18.8 Å². The molecule has 1 aliphatic rings. The molecule has 4 N–H and O–H groups in total. The third-order valence-corrected chi connectivity index (χ3v) is 2.93. The first-order valence-corrected chi connectivity index (χ1v) is 5.52. The van der Waals surface area contributed by atoms with Gasteiger partial charge in [0.15, 0.2) is 0 Å². The molecular weight excluding hydrogens is 238 g/mol. The van der Waals surface area contributed by atoms with E-state index in [0.29, 0.717) is 5.56 Å². The Morgan fingerprint density at radius 3 is 3.00 bits per heavy atom. The predicted molar refractivity (Wildman–Crippen MR) is 64.6 cm³/mol. The normalized spacial score (nSPS) is 27.3.